The molecule has 0 unspecified atom stereocenters. The molecule has 1 N–H and O–H groups in total. The van der Waals surface area contributed by atoms with Crippen molar-refractivity contribution in [3.05, 3.63) is 83.9 Å². The molecule has 0 bridgehead atoms. The Morgan fingerprint density at radius 2 is 1.55 bits per heavy atom. The second-order valence-corrected chi connectivity index (χ2v) is 16.9. The topological polar surface area (TPSA) is 94.5 Å². The van der Waals surface area contributed by atoms with Gasteiger partial charge < -0.3 is 28.6 Å². The molecule has 3 aromatic rings. The molecule has 44 heavy (non-hydrogen) atoms. The Labute approximate surface area is 262 Å². The Balaban J connectivity index is 1.59. The van der Waals surface area contributed by atoms with Crippen LogP contribution in [0.4, 0.5) is 4.79 Å². The van der Waals surface area contributed by atoms with E-state index in [1.165, 1.54) is 12.0 Å². The first-order valence-corrected chi connectivity index (χ1v) is 17.1. The van der Waals surface area contributed by atoms with E-state index in [0.29, 0.717) is 24.3 Å². The Hall–Kier alpha value is -3.82. The van der Waals surface area contributed by atoms with Crippen molar-refractivity contribution in [2.24, 2.45) is 0 Å². The van der Waals surface area contributed by atoms with E-state index in [2.05, 4.69) is 45.0 Å². The summed E-state index contributed by atoms with van der Waals surface area (Å²) in [5.74, 6) is 0.198. The summed E-state index contributed by atoms with van der Waals surface area (Å²) in [5, 5.41) is 12.3. The molecule has 2 atom stereocenters. The number of hydrogen-bond acceptors (Lipinski definition) is 6. The Bertz CT molecular complexity index is 1380. The summed E-state index contributed by atoms with van der Waals surface area (Å²) in [7, 11) is -1.54. The zero-order chi connectivity index (χ0) is 32.1. The molecular weight excluding hydrogens is 574 g/mol. The molecule has 0 aliphatic carbocycles. The summed E-state index contributed by atoms with van der Waals surface area (Å²) < 4.78 is 24.3. The number of carboxylic acid groups (broad SMARTS) is 1. The van der Waals surface area contributed by atoms with Crippen LogP contribution in [0.15, 0.2) is 72.8 Å². The van der Waals surface area contributed by atoms with E-state index in [1.54, 1.807) is 12.1 Å². The number of carbonyl (C=O) groups excluding carboxylic acids is 1. The first kappa shape index (κ1) is 33.1. The highest BCUT2D eigenvalue weighted by atomic mass is 28.4. The summed E-state index contributed by atoms with van der Waals surface area (Å²) in [6.07, 6.45) is -0.454. The number of esters is 1. The van der Waals surface area contributed by atoms with Crippen LogP contribution in [0.25, 0.3) is 0 Å². The van der Waals surface area contributed by atoms with E-state index >= 15 is 0 Å². The molecule has 1 saturated heterocycles. The zero-order valence-corrected chi connectivity index (χ0v) is 27.8. The third kappa shape index (κ3) is 7.11. The van der Waals surface area contributed by atoms with Gasteiger partial charge in [0.15, 0.2) is 0 Å². The summed E-state index contributed by atoms with van der Waals surface area (Å²) in [6, 6.07) is 24.0. The van der Waals surface area contributed by atoms with Crippen LogP contribution in [0.5, 0.6) is 11.5 Å². The average molecular weight is 620 g/mol. The Kier molecular flexibility index (Phi) is 10.4. The second kappa shape index (κ2) is 13.9. The molecule has 3 aromatic carbocycles. The summed E-state index contributed by atoms with van der Waals surface area (Å²) in [5.41, 5.74) is 1.09. The van der Waals surface area contributed by atoms with Gasteiger partial charge in [0.2, 0.25) is 0 Å². The fraction of sp³-hybridized carbons (Fsp3) is 0.429. The zero-order valence-electron chi connectivity index (χ0n) is 26.8. The number of aryl methyl sites for hydroxylation is 1. The molecular formula is C35H45NO7Si. The van der Waals surface area contributed by atoms with Gasteiger partial charge in [0.05, 0.1) is 25.9 Å². The number of ether oxygens (including phenoxy) is 3. The molecule has 9 heteroatoms. The number of methoxy groups -OCH3 is 1. The SMILES string of the molecule is COC(=O)c1c(OCC[C@H]2C[C@H](O[Si](c3ccccc3)(c3ccccc3)C(C)(C)C)CN2C(=O)O)cc(C)cc1OC(C)C. The highest BCUT2D eigenvalue weighted by Gasteiger charge is 2.53. The lowest BCUT2D eigenvalue weighted by molar-refractivity contribution is 0.0589. The smallest absolute Gasteiger partial charge is 0.407 e. The monoisotopic (exact) mass is 619 g/mol. The quantitative estimate of drug-likeness (QED) is 0.207. The molecule has 8 nitrogen and oxygen atoms in total. The maximum Gasteiger partial charge on any atom is 0.407 e. The number of rotatable bonds is 11. The van der Waals surface area contributed by atoms with Crippen molar-refractivity contribution in [2.75, 3.05) is 20.3 Å². The molecule has 0 radical (unpaired) electrons. The highest BCUT2D eigenvalue weighted by Crippen LogP contribution is 2.39. The molecule has 1 amide bonds. The van der Waals surface area contributed by atoms with Crippen LogP contribution in [0.2, 0.25) is 5.04 Å². The van der Waals surface area contributed by atoms with Crippen LogP contribution in [-0.4, -0.2) is 68.9 Å². The van der Waals surface area contributed by atoms with Crippen molar-refractivity contribution in [3.8, 4) is 11.5 Å². The van der Waals surface area contributed by atoms with Gasteiger partial charge in [-0.3, -0.25) is 0 Å². The number of likely N-dealkylation sites (tertiary alicyclic amines) is 1. The number of nitrogens with zero attached hydrogens (tertiary/aromatic N) is 1. The largest absolute Gasteiger partial charge is 0.492 e. The molecule has 1 aliphatic rings. The fourth-order valence-electron chi connectivity index (χ4n) is 6.20. The predicted octanol–water partition coefficient (Wildman–Crippen LogP) is 6.04. The van der Waals surface area contributed by atoms with E-state index < -0.39 is 20.4 Å². The minimum atomic E-state index is -2.86. The highest BCUT2D eigenvalue weighted by molar-refractivity contribution is 6.99. The van der Waals surface area contributed by atoms with Gasteiger partial charge in [-0.25, -0.2) is 9.59 Å². The third-order valence-electron chi connectivity index (χ3n) is 8.05. The predicted molar refractivity (Wildman–Crippen MR) is 174 cm³/mol. The lowest BCUT2D eigenvalue weighted by atomic mass is 10.1. The maximum absolute atomic E-state index is 12.7. The average Bonchev–Trinajstić information content (AvgIpc) is 3.38. The van der Waals surface area contributed by atoms with Crippen molar-refractivity contribution in [2.45, 2.75) is 77.7 Å². The van der Waals surface area contributed by atoms with Crippen molar-refractivity contribution in [3.63, 3.8) is 0 Å². The maximum atomic E-state index is 12.7. The lowest BCUT2D eigenvalue weighted by Crippen LogP contribution is -2.67. The lowest BCUT2D eigenvalue weighted by Gasteiger charge is -2.44. The van der Waals surface area contributed by atoms with E-state index in [0.717, 1.165) is 15.9 Å². The minimum Gasteiger partial charge on any atom is -0.492 e. The van der Waals surface area contributed by atoms with Crippen LogP contribution in [0, 0.1) is 6.92 Å². The van der Waals surface area contributed by atoms with Crippen molar-refractivity contribution in [1.29, 1.82) is 0 Å². The van der Waals surface area contributed by atoms with Crippen molar-refractivity contribution >= 4 is 30.8 Å². The van der Waals surface area contributed by atoms with Gasteiger partial charge in [-0.15, -0.1) is 0 Å². The van der Waals surface area contributed by atoms with Crippen LogP contribution in [0.3, 0.4) is 0 Å². The molecule has 4 rings (SSSR count). The number of carbonyl (C=O) groups is 2. The molecule has 1 aliphatic heterocycles. The van der Waals surface area contributed by atoms with Gasteiger partial charge in [0.1, 0.15) is 17.1 Å². The van der Waals surface area contributed by atoms with E-state index in [1.807, 2.05) is 57.2 Å². The summed E-state index contributed by atoms with van der Waals surface area (Å²) in [6.45, 7) is 12.8. The normalized spacial score (nSPS) is 17.0. The van der Waals surface area contributed by atoms with Gasteiger partial charge in [-0.2, -0.15) is 0 Å². The van der Waals surface area contributed by atoms with E-state index in [-0.39, 0.29) is 42.0 Å². The van der Waals surface area contributed by atoms with Crippen LogP contribution >= 0.6 is 0 Å². The Morgan fingerprint density at radius 3 is 2.05 bits per heavy atom. The summed E-state index contributed by atoms with van der Waals surface area (Å²) in [4.78, 5) is 26.6. The third-order valence-corrected chi connectivity index (χ3v) is 13.1. The van der Waals surface area contributed by atoms with Gasteiger partial charge in [-0.1, -0.05) is 81.4 Å². The van der Waals surface area contributed by atoms with Crippen LogP contribution in [0.1, 0.15) is 63.4 Å². The number of hydrogen-bond donors (Lipinski definition) is 1. The standard InChI is InChI=1S/C35H45NO7Si/c1-24(2)42-31-21-25(3)20-30(32(31)33(37)40-7)41-19-18-26-22-27(23-36(26)34(38)39)43-44(35(4,5)6,28-14-10-8-11-15-28)29-16-12-9-13-17-29/h8-17,20-21,24,26-27H,18-19,22-23H2,1-7H3,(H,38,39)/t26-,27-/m0/s1. The molecule has 1 heterocycles. The molecule has 0 spiro atoms. The van der Waals surface area contributed by atoms with E-state index in [4.69, 9.17) is 18.6 Å². The van der Waals surface area contributed by atoms with Crippen LogP contribution < -0.4 is 19.8 Å². The Morgan fingerprint density at radius 1 is 0.977 bits per heavy atom. The molecule has 0 saturated carbocycles. The second-order valence-electron chi connectivity index (χ2n) is 12.7. The van der Waals surface area contributed by atoms with Gasteiger partial charge in [0, 0.05) is 19.0 Å². The van der Waals surface area contributed by atoms with Crippen molar-refractivity contribution < 1.29 is 33.3 Å². The van der Waals surface area contributed by atoms with Gasteiger partial charge in [-0.05, 0) is 60.3 Å². The van der Waals surface area contributed by atoms with E-state index in [9.17, 15) is 14.7 Å². The van der Waals surface area contributed by atoms with Crippen molar-refractivity contribution in [1.82, 2.24) is 4.90 Å². The summed E-state index contributed by atoms with van der Waals surface area (Å²) >= 11 is 0. The number of benzene rings is 3. The molecule has 236 valence electrons. The molecule has 1 fully saturated rings. The first-order chi connectivity index (χ1) is 20.9. The van der Waals surface area contributed by atoms with Gasteiger partial charge >= 0.3 is 12.1 Å². The molecule has 0 aromatic heterocycles. The minimum absolute atomic E-state index is 0.150. The van der Waals surface area contributed by atoms with Crippen LogP contribution in [-0.2, 0) is 9.16 Å². The number of amides is 1. The fourth-order valence-corrected chi connectivity index (χ4v) is 10.9. The first-order valence-electron chi connectivity index (χ1n) is 15.2. The van der Waals surface area contributed by atoms with Gasteiger partial charge in [0.25, 0.3) is 8.32 Å².